The fraction of sp³-hybridized carbons (Fsp3) is 0.619. The summed E-state index contributed by atoms with van der Waals surface area (Å²) >= 11 is 0. The number of carbonyl (C=O) groups excluding carboxylic acids is 2. The number of carbonyl (C=O) groups is 2. The third-order valence-electron chi connectivity index (χ3n) is 6.16. The second-order valence-corrected chi connectivity index (χ2v) is 8.32. The lowest BCUT2D eigenvalue weighted by Gasteiger charge is -2.24. The first-order chi connectivity index (χ1) is 12.0. The van der Waals surface area contributed by atoms with E-state index in [2.05, 4.69) is 36.5 Å². The summed E-state index contributed by atoms with van der Waals surface area (Å²) < 4.78 is 0. The summed E-state index contributed by atoms with van der Waals surface area (Å²) in [7, 11) is 0. The molecule has 1 aromatic rings. The molecule has 3 fully saturated rings. The molecule has 2 saturated carbocycles. The molecule has 0 spiro atoms. The van der Waals surface area contributed by atoms with Gasteiger partial charge in [0.05, 0.1) is 5.92 Å². The molecule has 3 aliphatic rings. The van der Waals surface area contributed by atoms with Crippen LogP contribution in [0.4, 0.5) is 0 Å². The summed E-state index contributed by atoms with van der Waals surface area (Å²) in [4.78, 5) is 27.1. The van der Waals surface area contributed by atoms with Crippen molar-refractivity contribution in [2.45, 2.75) is 69.9 Å². The Morgan fingerprint density at radius 2 is 2.04 bits per heavy atom. The molecule has 0 radical (unpaired) electrons. The number of likely N-dealkylation sites (tertiary alicyclic amines) is 1. The number of benzene rings is 1. The highest BCUT2D eigenvalue weighted by Gasteiger charge is 2.46. The van der Waals surface area contributed by atoms with E-state index in [0.29, 0.717) is 19.0 Å². The number of hydrogen-bond donors (Lipinski definition) is 1. The van der Waals surface area contributed by atoms with Gasteiger partial charge >= 0.3 is 0 Å². The Kier molecular flexibility index (Phi) is 4.30. The zero-order valence-corrected chi connectivity index (χ0v) is 15.1. The predicted molar refractivity (Wildman–Crippen MR) is 97.1 cm³/mol. The number of amides is 2. The van der Waals surface area contributed by atoms with Crippen LogP contribution in [0.25, 0.3) is 0 Å². The molecule has 4 heteroatoms. The van der Waals surface area contributed by atoms with Gasteiger partial charge in [-0.3, -0.25) is 9.59 Å². The Morgan fingerprint density at radius 1 is 1.28 bits per heavy atom. The fourth-order valence-corrected chi connectivity index (χ4v) is 4.55. The second-order valence-electron chi connectivity index (χ2n) is 8.32. The minimum Gasteiger partial charge on any atom is -0.350 e. The van der Waals surface area contributed by atoms with Gasteiger partial charge in [0.15, 0.2) is 0 Å². The quantitative estimate of drug-likeness (QED) is 0.896. The monoisotopic (exact) mass is 340 g/mol. The summed E-state index contributed by atoms with van der Waals surface area (Å²) in [5, 5.41) is 3.29. The minimum atomic E-state index is -0.164. The first kappa shape index (κ1) is 16.6. The number of aryl methyl sites for hydroxylation is 1. The molecule has 2 amide bonds. The number of rotatable bonds is 5. The van der Waals surface area contributed by atoms with Gasteiger partial charge in [0, 0.05) is 24.5 Å². The Labute approximate surface area is 150 Å². The van der Waals surface area contributed by atoms with Crippen LogP contribution in [0.2, 0.25) is 0 Å². The number of nitrogens with zero attached hydrogens (tertiary/aromatic N) is 1. The van der Waals surface area contributed by atoms with Gasteiger partial charge in [-0.05, 0) is 44.6 Å². The van der Waals surface area contributed by atoms with E-state index in [1.807, 2.05) is 4.90 Å². The molecule has 25 heavy (non-hydrogen) atoms. The van der Waals surface area contributed by atoms with Crippen LogP contribution in [-0.4, -0.2) is 34.8 Å². The SMILES string of the molecule is Cc1cccc(CC2(NC(=O)[C@H]3CC(=O)N(C4CCCC4)C3)CC2)c1. The Morgan fingerprint density at radius 3 is 2.72 bits per heavy atom. The summed E-state index contributed by atoms with van der Waals surface area (Å²) in [6, 6.07) is 8.90. The highest BCUT2D eigenvalue weighted by molar-refractivity contribution is 5.90. The molecule has 2 aliphatic carbocycles. The van der Waals surface area contributed by atoms with Crippen LogP contribution in [0.5, 0.6) is 0 Å². The largest absolute Gasteiger partial charge is 0.350 e. The molecule has 1 aromatic carbocycles. The first-order valence-corrected chi connectivity index (χ1v) is 9.72. The van der Waals surface area contributed by atoms with Crippen molar-refractivity contribution in [2.24, 2.45) is 5.92 Å². The molecular weight excluding hydrogens is 312 g/mol. The van der Waals surface area contributed by atoms with Gasteiger partial charge in [0.1, 0.15) is 0 Å². The zero-order valence-electron chi connectivity index (χ0n) is 15.1. The maximum Gasteiger partial charge on any atom is 0.225 e. The highest BCUT2D eigenvalue weighted by atomic mass is 16.2. The summed E-state index contributed by atoms with van der Waals surface area (Å²) in [5.74, 6) is 0.0951. The molecule has 0 aromatic heterocycles. The summed E-state index contributed by atoms with van der Waals surface area (Å²) in [6.07, 6.45) is 8.01. The number of nitrogens with one attached hydrogen (secondary N) is 1. The summed E-state index contributed by atoms with van der Waals surface area (Å²) in [6.45, 7) is 2.72. The average molecular weight is 340 g/mol. The van der Waals surface area contributed by atoms with Crippen LogP contribution in [0, 0.1) is 12.8 Å². The van der Waals surface area contributed by atoms with E-state index < -0.39 is 0 Å². The van der Waals surface area contributed by atoms with Crippen LogP contribution in [0.3, 0.4) is 0 Å². The lowest BCUT2D eigenvalue weighted by atomic mass is 10.0. The van der Waals surface area contributed by atoms with Crippen LogP contribution in [0.1, 0.15) is 56.1 Å². The lowest BCUT2D eigenvalue weighted by molar-refractivity contribution is -0.130. The smallest absolute Gasteiger partial charge is 0.225 e. The van der Waals surface area contributed by atoms with E-state index in [4.69, 9.17) is 0 Å². The molecule has 4 rings (SSSR count). The van der Waals surface area contributed by atoms with Gasteiger partial charge in [-0.2, -0.15) is 0 Å². The highest BCUT2D eigenvalue weighted by Crippen LogP contribution is 2.39. The Balaban J connectivity index is 1.36. The maximum absolute atomic E-state index is 12.8. The fourth-order valence-electron chi connectivity index (χ4n) is 4.55. The third-order valence-corrected chi connectivity index (χ3v) is 6.16. The number of hydrogen-bond acceptors (Lipinski definition) is 2. The van der Waals surface area contributed by atoms with Crippen LogP contribution >= 0.6 is 0 Å². The van der Waals surface area contributed by atoms with Crippen molar-refractivity contribution >= 4 is 11.8 Å². The molecule has 1 atom stereocenters. The Hall–Kier alpha value is -1.84. The maximum atomic E-state index is 12.8. The van der Waals surface area contributed by atoms with E-state index in [-0.39, 0.29) is 23.3 Å². The summed E-state index contributed by atoms with van der Waals surface area (Å²) in [5.41, 5.74) is 2.47. The van der Waals surface area contributed by atoms with E-state index in [1.165, 1.54) is 24.0 Å². The predicted octanol–water partition coefficient (Wildman–Crippen LogP) is 2.98. The van der Waals surface area contributed by atoms with E-state index in [9.17, 15) is 9.59 Å². The van der Waals surface area contributed by atoms with Crippen molar-refractivity contribution in [3.8, 4) is 0 Å². The third kappa shape index (κ3) is 3.58. The van der Waals surface area contributed by atoms with Crippen molar-refractivity contribution in [1.82, 2.24) is 10.2 Å². The molecule has 1 heterocycles. The first-order valence-electron chi connectivity index (χ1n) is 9.72. The Bertz CT molecular complexity index is 674. The van der Waals surface area contributed by atoms with Crippen LogP contribution < -0.4 is 5.32 Å². The van der Waals surface area contributed by atoms with Crippen LogP contribution in [-0.2, 0) is 16.0 Å². The molecular formula is C21H28N2O2. The average Bonchev–Trinajstić information content (AvgIpc) is 2.99. The van der Waals surface area contributed by atoms with Crippen molar-refractivity contribution in [2.75, 3.05) is 6.54 Å². The van der Waals surface area contributed by atoms with Gasteiger partial charge < -0.3 is 10.2 Å². The second kappa shape index (κ2) is 6.47. The van der Waals surface area contributed by atoms with Gasteiger partial charge in [-0.15, -0.1) is 0 Å². The molecule has 0 bridgehead atoms. The van der Waals surface area contributed by atoms with Gasteiger partial charge in [0.2, 0.25) is 11.8 Å². The molecule has 4 nitrogen and oxygen atoms in total. The standard InChI is InChI=1S/C21H28N2O2/c1-15-5-4-6-16(11-15)13-21(9-10-21)22-20(25)17-12-19(24)23(14-17)18-7-2-3-8-18/h4-6,11,17-18H,2-3,7-10,12-14H2,1H3,(H,22,25)/t17-/m0/s1. The van der Waals surface area contributed by atoms with Crippen molar-refractivity contribution in [1.29, 1.82) is 0 Å². The molecule has 1 N–H and O–H groups in total. The topological polar surface area (TPSA) is 49.4 Å². The van der Waals surface area contributed by atoms with Crippen molar-refractivity contribution in [3.63, 3.8) is 0 Å². The zero-order chi connectivity index (χ0) is 17.4. The molecule has 1 saturated heterocycles. The van der Waals surface area contributed by atoms with Crippen molar-refractivity contribution in [3.05, 3.63) is 35.4 Å². The minimum absolute atomic E-state index is 0.0747. The van der Waals surface area contributed by atoms with Crippen molar-refractivity contribution < 1.29 is 9.59 Å². The van der Waals surface area contributed by atoms with E-state index in [0.717, 1.165) is 32.1 Å². The van der Waals surface area contributed by atoms with E-state index in [1.54, 1.807) is 0 Å². The van der Waals surface area contributed by atoms with Gasteiger partial charge in [-0.25, -0.2) is 0 Å². The lowest BCUT2D eigenvalue weighted by Crippen LogP contribution is -2.43. The van der Waals surface area contributed by atoms with Gasteiger partial charge in [-0.1, -0.05) is 42.7 Å². The normalized spacial score (nSPS) is 25.4. The molecule has 0 unspecified atom stereocenters. The molecule has 1 aliphatic heterocycles. The molecule has 134 valence electrons. The van der Waals surface area contributed by atoms with Gasteiger partial charge in [0.25, 0.3) is 0 Å². The van der Waals surface area contributed by atoms with E-state index >= 15 is 0 Å². The van der Waals surface area contributed by atoms with Crippen LogP contribution in [0.15, 0.2) is 24.3 Å².